The molecule has 1 amide bonds. The Kier molecular flexibility index (Phi) is 5.63. The fraction of sp³-hybridized carbons (Fsp3) is 0.143. The van der Waals surface area contributed by atoms with Gasteiger partial charge >= 0.3 is 6.18 Å². The summed E-state index contributed by atoms with van der Waals surface area (Å²) < 4.78 is 38.4. The first-order valence-corrected chi connectivity index (χ1v) is 8.59. The summed E-state index contributed by atoms with van der Waals surface area (Å²) in [6.45, 7) is 1.87. The highest BCUT2D eigenvalue weighted by Crippen LogP contribution is 2.31. The lowest BCUT2D eigenvalue weighted by atomic mass is 10.1. The van der Waals surface area contributed by atoms with Crippen LogP contribution in [0.15, 0.2) is 72.9 Å². The van der Waals surface area contributed by atoms with Crippen molar-refractivity contribution in [2.24, 2.45) is 0 Å². The average molecular weight is 385 g/mol. The summed E-state index contributed by atoms with van der Waals surface area (Å²) in [6.07, 6.45) is -3.00. The third-order valence-electron chi connectivity index (χ3n) is 4.12. The van der Waals surface area contributed by atoms with Crippen LogP contribution >= 0.6 is 0 Å². The topological polar surface area (TPSA) is 54.0 Å². The second kappa shape index (κ2) is 8.12. The van der Waals surface area contributed by atoms with E-state index in [4.69, 9.17) is 0 Å². The molecular formula is C21H18F3N3O. The van der Waals surface area contributed by atoms with Crippen molar-refractivity contribution in [1.82, 2.24) is 10.3 Å². The zero-order chi connectivity index (χ0) is 20.1. The summed E-state index contributed by atoms with van der Waals surface area (Å²) in [7, 11) is 0. The number of pyridine rings is 1. The van der Waals surface area contributed by atoms with Crippen LogP contribution in [-0.4, -0.2) is 10.9 Å². The summed E-state index contributed by atoms with van der Waals surface area (Å²) in [5.41, 5.74) is 1.21. The zero-order valence-electron chi connectivity index (χ0n) is 15.0. The summed E-state index contributed by atoms with van der Waals surface area (Å²) >= 11 is 0. The van der Waals surface area contributed by atoms with E-state index in [-0.39, 0.29) is 23.3 Å². The quantitative estimate of drug-likeness (QED) is 0.624. The summed E-state index contributed by atoms with van der Waals surface area (Å²) in [5, 5.41) is 5.71. The number of anilines is 2. The average Bonchev–Trinajstić information content (AvgIpc) is 2.69. The number of halogens is 3. The van der Waals surface area contributed by atoms with E-state index in [1.807, 2.05) is 37.3 Å². The van der Waals surface area contributed by atoms with E-state index in [1.54, 1.807) is 6.07 Å². The second-order valence-corrected chi connectivity index (χ2v) is 6.24. The van der Waals surface area contributed by atoms with Crippen LogP contribution in [0.1, 0.15) is 34.6 Å². The molecule has 7 heteroatoms. The van der Waals surface area contributed by atoms with Crippen LogP contribution in [-0.2, 0) is 6.18 Å². The molecule has 3 rings (SSSR count). The number of carbonyl (C=O) groups is 1. The van der Waals surface area contributed by atoms with E-state index in [0.717, 1.165) is 17.7 Å². The van der Waals surface area contributed by atoms with Crippen LogP contribution in [0.3, 0.4) is 0 Å². The van der Waals surface area contributed by atoms with Crippen molar-refractivity contribution in [2.45, 2.75) is 19.1 Å². The van der Waals surface area contributed by atoms with Gasteiger partial charge in [-0.15, -0.1) is 0 Å². The fourth-order valence-corrected chi connectivity index (χ4v) is 2.64. The smallest absolute Gasteiger partial charge is 0.354 e. The minimum atomic E-state index is -4.41. The lowest BCUT2D eigenvalue weighted by molar-refractivity contribution is -0.137. The number of nitrogens with zero attached hydrogens (tertiary/aromatic N) is 1. The van der Waals surface area contributed by atoms with Crippen molar-refractivity contribution in [2.75, 3.05) is 5.32 Å². The van der Waals surface area contributed by atoms with Gasteiger partial charge in [-0.3, -0.25) is 4.79 Å². The number of amides is 1. The molecule has 1 aromatic heterocycles. The standard InChI is InChI=1S/C21H18F3N3O/c1-14(15-6-3-2-4-7-15)26-20(28)19-11-10-18(13-25-19)27-17-9-5-8-16(12-17)21(22,23)24/h2-14,27H,1H3,(H,26,28). The number of hydrogen-bond donors (Lipinski definition) is 2. The normalized spacial score (nSPS) is 12.3. The maximum absolute atomic E-state index is 12.8. The maximum Gasteiger partial charge on any atom is 0.416 e. The number of hydrogen-bond acceptors (Lipinski definition) is 3. The van der Waals surface area contributed by atoms with Gasteiger partial charge < -0.3 is 10.6 Å². The molecular weight excluding hydrogens is 367 g/mol. The molecule has 144 valence electrons. The van der Waals surface area contributed by atoms with Gasteiger partial charge in [0.15, 0.2) is 0 Å². The molecule has 1 unspecified atom stereocenters. The van der Waals surface area contributed by atoms with Gasteiger partial charge in [-0.05, 0) is 42.8 Å². The highest BCUT2D eigenvalue weighted by molar-refractivity contribution is 5.92. The van der Waals surface area contributed by atoms with Gasteiger partial charge in [0.2, 0.25) is 0 Å². The van der Waals surface area contributed by atoms with Gasteiger partial charge in [-0.2, -0.15) is 13.2 Å². The molecule has 4 nitrogen and oxygen atoms in total. The summed E-state index contributed by atoms with van der Waals surface area (Å²) in [6, 6.07) is 17.3. The highest BCUT2D eigenvalue weighted by Gasteiger charge is 2.30. The monoisotopic (exact) mass is 385 g/mol. The third kappa shape index (κ3) is 4.88. The Morgan fingerprint density at radius 2 is 1.71 bits per heavy atom. The first-order valence-electron chi connectivity index (χ1n) is 8.59. The Hall–Kier alpha value is -3.35. The molecule has 0 aliphatic rings. The van der Waals surface area contributed by atoms with Crippen LogP contribution in [0.5, 0.6) is 0 Å². The lowest BCUT2D eigenvalue weighted by Crippen LogP contribution is -2.27. The molecule has 2 aromatic carbocycles. The van der Waals surface area contributed by atoms with Crippen LogP contribution in [0.2, 0.25) is 0 Å². The largest absolute Gasteiger partial charge is 0.416 e. The molecule has 0 spiro atoms. The van der Waals surface area contributed by atoms with E-state index < -0.39 is 11.7 Å². The van der Waals surface area contributed by atoms with Crippen LogP contribution in [0, 0.1) is 0 Å². The predicted octanol–water partition coefficient (Wildman–Crippen LogP) is 5.34. The molecule has 0 aliphatic carbocycles. The number of rotatable bonds is 5. The zero-order valence-corrected chi connectivity index (χ0v) is 15.0. The Bertz CT molecular complexity index is 941. The van der Waals surface area contributed by atoms with Gasteiger partial charge in [0, 0.05) is 5.69 Å². The molecule has 0 saturated carbocycles. The Balaban J connectivity index is 1.66. The van der Waals surface area contributed by atoms with Gasteiger partial charge in [-0.25, -0.2) is 4.98 Å². The molecule has 2 N–H and O–H groups in total. The van der Waals surface area contributed by atoms with Gasteiger partial charge in [0.1, 0.15) is 5.69 Å². The minimum absolute atomic E-state index is 0.182. The molecule has 0 fully saturated rings. The Morgan fingerprint density at radius 3 is 2.36 bits per heavy atom. The maximum atomic E-state index is 12.8. The second-order valence-electron chi connectivity index (χ2n) is 6.24. The van der Waals surface area contributed by atoms with Crippen molar-refractivity contribution in [3.05, 3.63) is 89.7 Å². The highest BCUT2D eigenvalue weighted by atomic mass is 19.4. The fourth-order valence-electron chi connectivity index (χ4n) is 2.64. The van der Waals surface area contributed by atoms with Crippen molar-refractivity contribution in [3.8, 4) is 0 Å². The first kappa shape index (κ1) is 19.4. The minimum Gasteiger partial charge on any atom is -0.354 e. The van der Waals surface area contributed by atoms with Crippen molar-refractivity contribution in [3.63, 3.8) is 0 Å². The molecule has 0 radical (unpaired) electrons. The van der Waals surface area contributed by atoms with Crippen molar-refractivity contribution >= 4 is 17.3 Å². The van der Waals surface area contributed by atoms with Crippen molar-refractivity contribution < 1.29 is 18.0 Å². The molecule has 1 atom stereocenters. The van der Waals surface area contributed by atoms with Gasteiger partial charge in [-0.1, -0.05) is 36.4 Å². The molecule has 0 bridgehead atoms. The predicted molar refractivity (Wildman–Crippen MR) is 101 cm³/mol. The number of aromatic nitrogens is 1. The Labute approximate surface area is 160 Å². The number of nitrogens with one attached hydrogen (secondary N) is 2. The summed E-state index contributed by atoms with van der Waals surface area (Å²) in [4.78, 5) is 16.4. The van der Waals surface area contributed by atoms with Gasteiger partial charge in [0.05, 0.1) is 23.5 Å². The molecule has 3 aromatic rings. The SMILES string of the molecule is CC(NC(=O)c1ccc(Nc2cccc(C(F)(F)F)c2)cn1)c1ccccc1. The number of alkyl halides is 3. The number of benzene rings is 2. The van der Waals surface area contributed by atoms with E-state index in [1.165, 1.54) is 24.4 Å². The third-order valence-corrected chi connectivity index (χ3v) is 4.12. The van der Waals surface area contributed by atoms with Crippen LogP contribution in [0.25, 0.3) is 0 Å². The van der Waals surface area contributed by atoms with E-state index in [9.17, 15) is 18.0 Å². The van der Waals surface area contributed by atoms with E-state index in [2.05, 4.69) is 15.6 Å². The summed E-state index contributed by atoms with van der Waals surface area (Å²) in [5.74, 6) is -0.332. The molecule has 1 heterocycles. The van der Waals surface area contributed by atoms with Crippen molar-refractivity contribution in [1.29, 1.82) is 0 Å². The van der Waals surface area contributed by atoms with Crippen LogP contribution < -0.4 is 10.6 Å². The molecule has 28 heavy (non-hydrogen) atoms. The molecule has 0 aliphatic heterocycles. The van der Waals surface area contributed by atoms with E-state index >= 15 is 0 Å². The lowest BCUT2D eigenvalue weighted by Gasteiger charge is -2.14. The van der Waals surface area contributed by atoms with Crippen LogP contribution in [0.4, 0.5) is 24.5 Å². The first-order chi connectivity index (χ1) is 13.3. The molecule has 0 saturated heterocycles. The van der Waals surface area contributed by atoms with E-state index in [0.29, 0.717) is 5.69 Å². The Morgan fingerprint density at radius 1 is 0.964 bits per heavy atom. The number of carbonyl (C=O) groups excluding carboxylic acids is 1. The van der Waals surface area contributed by atoms with Gasteiger partial charge in [0.25, 0.3) is 5.91 Å².